The van der Waals surface area contributed by atoms with Crippen LogP contribution in [0.3, 0.4) is 0 Å². The summed E-state index contributed by atoms with van der Waals surface area (Å²) in [5, 5.41) is 7.47. The zero-order valence-electron chi connectivity index (χ0n) is 18.6. The molecule has 0 spiro atoms. The van der Waals surface area contributed by atoms with E-state index in [-0.39, 0.29) is 5.91 Å². The third kappa shape index (κ3) is 5.05. The standard InChI is InChI=1S/C24H30N4O3/c1-5-10-19-21(24(30)31-4)16(2)25-22(19)23(29)28(3)14-9-13-18-15-20(27-26-18)17-11-7-6-8-12-17/h6-8,11-12,15,25H,5,9-10,13-14H2,1-4H3,(H,26,27). The summed E-state index contributed by atoms with van der Waals surface area (Å²) in [7, 11) is 3.14. The first-order chi connectivity index (χ1) is 15.0. The van der Waals surface area contributed by atoms with Crippen LogP contribution in [0, 0.1) is 6.92 Å². The van der Waals surface area contributed by atoms with Gasteiger partial charge in [-0.3, -0.25) is 9.89 Å². The monoisotopic (exact) mass is 422 g/mol. The molecule has 2 aromatic heterocycles. The van der Waals surface area contributed by atoms with Crippen LogP contribution in [-0.4, -0.2) is 52.7 Å². The number of rotatable bonds is 9. The van der Waals surface area contributed by atoms with Gasteiger partial charge in [0.1, 0.15) is 5.69 Å². The molecule has 31 heavy (non-hydrogen) atoms. The molecule has 0 bridgehead atoms. The number of esters is 1. The Labute approximate surface area is 182 Å². The number of benzene rings is 1. The number of amides is 1. The molecule has 0 atom stereocenters. The molecule has 7 nitrogen and oxygen atoms in total. The number of H-pyrrole nitrogens is 2. The number of aromatic amines is 2. The Balaban J connectivity index is 1.64. The van der Waals surface area contributed by atoms with Crippen LogP contribution in [0.15, 0.2) is 36.4 Å². The molecule has 1 amide bonds. The second-order valence-corrected chi connectivity index (χ2v) is 7.69. The number of aryl methyl sites for hydroxylation is 2. The molecule has 0 radical (unpaired) electrons. The van der Waals surface area contributed by atoms with Crippen molar-refractivity contribution >= 4 is 11.9 Å². The van der Waals surface area contributed by atoms with Gasteiger partial charge in [0.15, 0.2) is 0 Å². The quantitative estimate of drug-likeness (QED) is 0.507. The summed E-state index contributed by atoms with van der Waals surface area (Å²) >= 11 is 0. The highest BCUT2D eigenvalue weighted by atomic mass is 16.5. The van der Waals surface area contributed by atoms with E-state index in [4.69, 9.17) is 4.74 Å². The van der Waals surface area contributed by atoms with Gasteiger partial charge in [-0.1, -0.05) is 43.7 Å². The average Bonchev–Trinajstić information content (AvgIpc) is 3.38. The largest absolute Gasteiger partial charge is 0.465 e. The summed E-state index contributed by atoms with van der Waals surface area (Å²) < 4.78 is 4.91. The van der Waals surface area contributed by atoms with E-state index in [1.54, 1.807) is 18.9 Å². The topological polar surface area (TPSA) is 91.1 Å². The zero-order chi connectivity index (χ0) is 22.4. The first-order valence-corrected chi connectivity index (χ1v) is 10.6. The molecule has 0 saturated heterocycles. The van der Waals surface area contributed by atoms with Gasteiger partial charge in [0.2, 0.25) is 0 Å². The predicted octanol–water partition coefficient (Wildman–Crippen LogP) is 4.16. The fraction of sp³-hybridized carbons (Fsp3) is 0.375. The summed E-state index contributed by atoms with van der Waals surface area (Å²) in [6.07, 6.45) is 3.05. The van der Waals surface area contributed by atoms with Crippen LogP contribution < -0.4 is 0 Å². The number of carbonyl (C=O) groups is 2. The molecule has 2 heterocycles. The first kappa shape index (κ1) is 22.3. The number of nitrogens with one attached hydrogen (secondary N) is 2. The Bertz CT molecular complexity index is 1040. The lowest BCUT2D eigenvalue weighted by Gasteiger charge is -2.17. The number of nitrogens with zero attached hydrogens (tertiary/aromatic N) is 2. The lowest BCUT2D eigenvalue weighted by Crippen LogP contribution is -2.29. The van der Waals surface area contributed by atoms with Crippen LogP contribution in [0.1, 0.15) is 57.6 Å². The Morgan fingerprint density at radius 3 is 2.58 bits per heavy atom. The van der Waals surface area contributed by atoms with E-state index in [9.17, 15) is 9.59 Å². The minimum atomic E-state index is -0.410. The SMILES string of the molecule is CCCc1c(C(=O)N(C)CCCc2cc(-c3ccccc3)n[nH]2)[nH]c(C)c1C(=O)OC. The van der Waals surface area contributed by atoms with E-state index < -0.39 is 5.97 Å². The number of hydrogen-bond acceptors (Lipinski definition) is 4. The van der Waals surface area contributed by atoms with Crippen LogP contribution >= 0.6 is 0 Å². The Hall–Kier alpha value is -3.35. The number of methoxy groups -OCH3 is 1. The second kappa shape index (κ2) is 10.1. The van der Waals surface area contributed by atoms with Gasteiger partial charge in [0, 0.05) is 30.5 Å². The van der Waals surface area contributed by atoms with Crippen LogP contribution in [0.4, 0.5) is 0 Å². The number of hydrogen-bond donors (Lipinski definition) is 2. The first-order valence-electron chi connectivity index (χ1n) is 10.6. The summed E-state index contributed by atoms with van der Waals surface area (Å²) in [5.41, 5.74) is 5.39. The number of carbonyl (C=O) groups excluding carboxylic acids is 2. The lowest BCUT2D eigenvalue weighted by molar-refractivity contribution is 0.0599. The van der Waals surface area contributed by atoms with Gasteiger partial charge in [0.25, 0.3) is 5.91 Å². The molecule has 0 aliphatic carbocycles. The minimum Gasteiger partial charge on any atom is -0.465 e. The molecule has 0 fully saturated rings. The van der Waals surface area contributed by atoms with Gasteiger partial charge in [-0.2, -0.15) is 5.10 Å². The molecule has 0 saturated carbocycles. The van der Waals surface area contributed by atoms with E-state index in [0.29, 0.717) is 29.9 Å². The normalized spacial score (nSPS) is 10.8. The smallest absolute Gasteiger partial charge is 0.339 e. The van der Waals surface area contributed by atoms with Gasteiger partial charge in [-0.15, -0.1) is 0 Å². The fourth-order valence-electron chi connectivity index (χ4n) is 3.78. The maximum absolute atomic E-state index is 13.1. The van der Waals surface area contributed by atoms with Gasteiger partial charge < -0.3 is 14.6 Å². The van der Waals surface area contributed by atoms with Crippen LogP contribution in [-0.2, 0) is 17.6 Å². The molecule has 164 valence electrons. The highest BCUT2D eigenvalue weighted by Crippen LogP contribution is 2.23. The Morgan fingerprint density at radius 2 is 1.90 bits per heavy atom. The molecular formula is C24H30N4O3. The van der Waals surface area contributed by atoms with E-state index >= 15 is 0 Å². The van der Waals surface area contributed by atoms with E-state index in [2.05, 4.69) is 15.2 Å². The molecule has 0 aliphatic heterocycles. The molecule has 2 N–H and O–H groups in total. The van der Waals surface area contributed by atoms with Crippen LogP contribution in [0.5, 0.6) is 0 Å². The van der Waals surface area contributed by atoms with Crippen molar-refractivity contribution in [2.24, 2.45) is 0 Å². The Morgan fingerprint density at radius 1 is 1.16 bits per heavy atom. The molecule has 3 rings (SSSR count). The van der Waals surface area contributed by atoms with Crippen molar-refractivity contribution in [2.75, 3.05) is 20.7 Å². The Kier molecular flexibility index (Phi) is 7.28. The second-order valence-electron chi connectivity index (χ2n) is 7.69. The van der Waals surface area contributed by atoms with Crippen molar-refractivity contribution in [1.82, 2.24) is 20.1 Å². The maximum Gasteiger partial charge on any atom is 0.339 e. The van der Waals surface area contributed by atoms with E-state index in [1.165, 1.54) is 7.11 Å². The lowest BCUT2D eigenvalue weighted by atomic mass is 10.0. The number of aromatic nitrogens is 3. The van der Waals surface area contributed by atoms with Gasteiger partial charge in [0.05, 0.1) is 18.4 Å². The van der Waals surface area contributed by atoms with Crippen molar-refractivity contribution in [3.63, 3.8) is 0 Å². The molecule has 0 aliphatic rings. The molecule has 3 aromatic rings. The predicted molar refractivity (Wildman–Crippen MR) is 120 cm³/mol. The summed E-state index contributed by atoms with van der Waals surface area (Å²) in [6.45, 7) is 4.41. The minimum absolute atomic E-state index is 0.115. The average molecular weight is 423 g/mol. The van der Waals surface area contributed by atoms with Crippen LogP contribution in [0.25, 0.3) is 11.3 Å². The molecular weight excluding hydrogens is 392 g/mol. The summed E-state index contributed by atoms with van der Waals surface area (Å²) in [4.78, 5) is 30.1. The van der Waals surface area contributed by atoms with Crippen molar-refractivity contribution in [2.45, 2.75) is 39.5 Å². The van der Waals surface area contributed by atoms with E-state index in [0.717, 1.165) is 41.8 Å². The van der Waals surface area contributed by atoms with Gasteiger partial charge in [-0.05, 0) is 37.8 Å². The zero-order valence-corrected chi connectivity index (χ0v) is 18.6. The molecule has 0 unspecified atom stereocenters. The highest BCUT2D eigenvalue weighted by molar-refractivity contribution is 6.00. The van der Waals surface area contributed by atoms with Gasteiger partial charge >= 0.3 is 5.97 Å². The van der Waals surface area contributed by atoms with Crippen molar-refractivity contribution in [3.8, 4) is 11.3 Å². The number of ether oxygens (including phenoxy) is 1. The highest BCUT2D eigenvalue weighted by Gasteiger charge is 2.26. The third-order valence-corrected chi connectivity index (χ3v) is 5.38. The third-order valence-electron chi connectivity index (χ3n) is 5.38. The molecule has 1 aromatic carbocycles. The maximum atomic E-state index is 13.1. The summed E-state index contributed by atoms with van der Waals surface area (Å²) in [5.74, 6) is -0.524. The van der Waals surface area contributed by atoms with Crippen LogP contribution in [0.2, 0.25) is 0 Å². The van der Waals surface area contributed by atoms with Crippen molar-refractivity contribution < 1.29 is 14.3 Å². The fourth-order valence-corrected chi connectivity index (χ4v) is 3.78. The summed E-state index contributed by atoms with van der Waals surface area (Å²) in [6, 6.07) is 12.1. The van der Waals surface area contributed by atoms with Gasteiger partial charge in [-0.25, -0.2) is 4.79 Å². The molecule has 7 heteroatoms. The van der Waals surface area contributed by atoms with E-state index in [1.807, 2.05) is 43.3 Å². The van der Waals surface area contributed by atoms with Crippen molar-refractivity contribution in [1.29, 1.82) is 0 Å². The van der Waals surface area contributed by atoms with Crippen molar-refractivity contribution in [3.05, 3.63) is 64.6 Å².